The Bertz CT molecular complexity index is 662. The number of carbonyl (C=O) groups excluding carboxylic acids is 3. The van der Waals surface area contributed by atoms with Crippen molar-refractivity contribution >= 4 is 17.8 Å². The summed E-state index contributed by atoms with van der Waals surface area (Å²) in [4.78, 5) is 40.7. The minimum atomic E-state index is -0.241. The molecule has 2 atom stereocenters. The maximum absolute atomic E-state index is 12.7. The summed E-state index contributed by atoms with van der Waals surface area (Å²) in [6.07, 6.45) is 2.22. The van der Waals surface area contributed by atoms with E-state index in [0.717, 1.165) is 18.4 Å². The molecular weight excluding hydrogens is 356 g/mol. The Hall–Kier alpha value is -2.37. The lowest BCUT2D eigenvalue weighted by atomic mass is 9.98. The smallest absolute Gasteiger partial charge is 0.310 e. The van der Waals surface area contributed by atoms with E-state index in [4.69, 9.17) is 4.74 Å². The summed E-state index contributed by atoms with van der Waals surface area (Å²) in [7, 11) is 0. The van der Waals surface area contributed by atoms with Crippen LogP contribution in [0.15, 0.2) is 30.3 Å². The van der Waals surface area contributed by atoms with Crippen LogP contribution in [0, 0.1) is 5.92 Å². The molecule has 1 aliphatic rings. The minimum absolute atomic E-state index is 0.0110. The Morgan fingerprint density at radius 1 is 1.21 bits per heavy atom. The highest BCUT2D eigenvalue weighted by Crippen LogP contribution is 2.22. The predicted octanol–water partition coefficient (Wildman–Crippen LogP) is 3.18. The van der Waals surface area contributed by atoms with Crippen molar-refractivity contribution in [2.45, 2.75) is 52.5 Å². The van der Waals surface area contributed by atoms with E-state index in [9.17, 15) is 14.4 Å². The van der Waals surface area contributed by atoms with Crippen molar-refractivity contribution in [1.82, 2.24) is 9.80 Å². The highest BCUT2D eigenvalue weighted by molar-refractivity contribution is 5.80. The summed E-state index contributed by atoms with van der Waals surface area (Å²) in [6.45, 7) is 7.42. The van der Waals surface area contributed by atoms with Gasteiger partial charge in [0.15, 0.2) is 0 Å². The molecule has 1 heterocycles. The normalized spacial score (nSPS) is 17.7. The molecule has 154 valence electrons. The van der Waals surface area contributed by atoms with Gasteiger partial charge in [-0.1, -0.05) is 37.3 Å². The molecular formula is C22H32N2O4. The monoisotopic (exact) mass is 388 g/mol. The van der Waals surface area contributed by atoms with Crippen molar-refractivity contribution in [2.24, 2.45) is 5.92 Å². The van der Waals surface area contributed by atoms with E-state index in [1.54, 1.807) is 16.7 Å². The van der Waals surface area contributed by atoms with Gasteiger partial charge in [0.2, 0.25) is 11.8 Å². The van der Waals surface area contributed by atoms with Gasteiger partial charge < -0.3 is 14.5 Å². The van der Waals surface area contributed by atoms with Crippen LogP contribution < -0.4 is 0 Å². The number of likely N-dealkylation sites (tertiary alicyclic amines) is 1. The lowest BCUT2D eigenvalue weighted by Crippen LogP contribution is -2.44. The number of esters is 1. The van der Waals surface area contributed by atoms with Crippen molar-refractivity contribution in [3.8, 4) is 0 Å². The van der Waals surface area contributed by atoms with Crippen LogP contribution >= 0.6 is 0 Å². The van der Waals surface area contributed by atoms with Crippen molar-refractivity contribution in [1.29, 1.82) is 0 Å². The van der Waals surface area contributed by atoms with E-state index in [2.05, 4.69) is 0 Å². The van der Waals surface area contributed by atoms with E-state index in [-0.39, 0.29) is 36.2 Å². The molecule has 1 aromatic carbocycles. The van der Waals surface area contributed by atoms with E-state index in [0.29, 0.717) is 32.7 Å². The summed E-state index contributed by atoms with van der Waals surface area (Å²) < 4.78 is 5.10. The first-order chi connectivity index (χ1) is 13.5. The Morgan fingerprint density at radius 3 is 2.57 bits per heavy atom. The number of nitrogens with zero attached hydrogens (tertiary/aromatic N) is 2. The number of ether oxygens (including phenoxy) is 1. The van der Waals surface area contributed by atoms with Gasteiger partial charge in [0.1, 0.15) is 0 Å². The largest absolute Gasteiger partial charge is 0.466 e. The highest BCUT2D eigenvalue weighted by Gasteiger charge is 2.30. The maximum Gasteiger partial charge on any atom is 0.310 e. The molecule has 6 heteroatoms. The molecule has 2 amide bonds. The van der Waals surface area contributed by atoms with Crippen LogP contribution in [0.1, 0.15) is 58.1 Å². The molecule has 2 rings (SSSR count). The van der Waals surface area contributed by atoms with E-state index >= 15 is 0 Å². The Labute approximate surface area is 167 Å². The summed E-state index contributed by atoms with van der Waals surface area (Å²) in [6, 6.07) is 9.76. The number of hydrogen-bond donors (Lipinski definition) is 0. The first-order valence-electron chi connectivity index (χ1n) is 10.3. The standard InChI is InChI=1S/C22H32N2O4/c1-4-20(25)24(17(3)18-10-7-6-8-11-18)15-13-21(26)23-14-9-12-19(16-23)22(27)28-5-2/h6-8,10-11,17,19H,4-5,9,12-16H2,1-3H3. The van der Waals surface area contributed by atoms with Gasteiger partial charge in [0.25, 0.3) is 0 Å². The molecule has 28 heavy (non-hydrogen) atoms. The van der Waals surface area contributed by atoms with Crippen LogP contribution in [-0.4, -0.2) is 53.8 Å². The molecule has 0 saturated carbocycles. The van der Waals surface area contributed by atoms with Crippen LogP contribution in [0.25, 0.3) is 0 Å². The molecule has 1 aromatic rings. The summed E-state index contributed by atoms with van der Waals surface area (Å²) in [5.41, 5.74) is 1.05. The zero-order valence-corrected chi connectivity index (χ0v) is 17.2. The number of hydrogen-bond acceptors (Lipinski definition) is 4. The molecule has 1 aliphatic heterocycles. The molecule has 0 N–H and O–H groups in total. The molecule has 0 aliphatic carbocycles. The fourth-order valence-corrected chi connectivity index (χ4v) is 3.68. The second-order valence-corrected chi connectivity index (χ2v) is 7.21. The second-order valence-electron chi connectivity index (χ2n) is 7.21. The lowest BCUT2D eigenvalue weighted by Gasteiger charge is -2.33. The van der Waals surface area contributed by atoms with Gasteiger partial charge in [0, 0.05) is 32.5 Å². The maximum atomic E-state index is 12.7. The van der Waals surface area contributed by atoms with E-state index < -0.39 is 0 Å². The first kappa shape index (κ1) is 21.9. The Balaban J connectivity index is 1.97. The van der Waals surface area contributed by atoms with Crippen LogP contribution in [0.3, 0.4) is 0 Å². The molecule has 0 bridgehead atoms. The lowest BCUT2D eigenvalue weighted by molar-refractivity contribution is -0.151. The first-order valence-corrected chi connectivity index (χ1v) is 10.3. The van der Waals surface area contributed by atoms with Gasteiger partial charge in [-0.25, -0.2) is 0 Å². The number of carbonyl (C=O) groups is 3. The fraction of sp³-hybridized carbons (Fsp3) is 0.591. The average Bonchev–Trinajstić information content (AvgIpc) is 2.74. The van der Waals surface area contributed by atoms with Crippen molar-refractivity contribution < 1.29 is 19.1 Å². The zero-order chi connectivity index (χ0) is 20.5. The number of amides is 2. The predicted molar refractivity (Wildman–Crippen MR) is 107 cm³/mol. The number of piperidine rings is 1. The van der Waals surface area contributed by atoms with Crippen LogP contribution in [0.2, 0.25) is 0 Å². The molecule has 0 radical (unpaired) electrons. The number of benzene rings is 1. The van der Waals surface area contributed by atoms with Crippen LogP contribution in [0.4, 0.5) is 0 Å². The molecule has 1 fully saturated rings. The summed E-state index contributed by atoms with van der Waals surface area (Å²) in [5.74, 6) is -0.440. The van der Waals surface area contributed by atoms with Gasteiger partial charge in [-0.2, -0.15) is 0 Å². The van der Waals surface area contributed by atoms with Gasteiger partial charge in [-0.15, -0.1) is 0 Å². The molecule has 2 unspecified atom stereocenters. The Morgan fingerprint density at radius 2 is 1.93 bits per heavy atom. The van der Waals surface area contributed by atoms with Gasteiger partial charge in [-0.3, -0.25) is 14.4 Å². The second kappa shape index (κ2) is 10.8. The van der Waals surface area contributed by atoms with Crippen molar-refractivity contribution in [3.63, 3.8) is 0 Å². The molecule has 6 nitrogen and oxygen atoms in total. The fourth-order valence-electron chi connectivity index (χ4n) is 3.68. The molecule has 0 spiro atoms. The van der Waals surface area contributed by atoms with Crippen LogP contribution in [-0.2, 0) is 19.1 Å². The SMILES string of the molecule is CCOC(=O)C1CCCN(C(=O)CCN(C(=O)CC)C(C)c2ccccc2)C1. The third-order valence-corrected chi connectivity index (χ3v) is 5.33. The van der Waals surface area contributed by atoms with Crippen LogP contribution in [0.5, 0.6) is 0 Å². The highest BCUT2D eigenvalue weighted by atomic mass is 16.5. The number of rotatable bonds is 8. The quantitative estimate of drug-likeness (QED) is 0.642. The van der Waals surface area contributed by atoms with Gasteiger partial charge >= 0.3 is 5.97 Å². The third-order valence-electron chi connectivity index (χ3n) is 5.33. The Kier molecular flexibility index (Phi) is 8.48. The molecule has 1 saturated heterocycles. The molecule has 0 aromatic heterocycles. The van der Waals surface area contributed by atoms with Crippen molar-refractivity contribution in [2.75, 3.05) is 26.2 Å². The van der Waals surface area contributed by atoms with Gasteiger partial charge in [-0.05, 0) is 32.3 Å². The van der Waals surface area contributed by atoms with E-state index in [1.807, 2.05) is 44.2 Å². The average molecular weight is 389 g/mol. The van der Waals surface area contributed by atoms with Gasteiger partial charge in [0.05, 0.1) is 18.6 Å². The third kappa shape index (κ3) is 5.81. The van der Waals surface area contributed by atoms with E-state index in [1.165, 1.54) is 0 Å². The summed E-state index contributed by atoms with van der Waals surface area (Å²) >= 11 is 0. The zero-order valence-electron chi connectivity index (χ0n) is 17.2. The van der Waals surface area contributed by atoms with Crippen molar-refractivity contribution in [3.05, 3.63) is 35.9 Å². The topological polar surface area (TPSA) is 66.9 Å². The minimum Gasteiger partial charge on any atom is -0.466 e. The summed E-state index contributed by atoms with van der Waals surface area (Å²) in [5, 5.41) is 0.